The highest BCUT2D eigenvalue weighted by Crippen LogP contribution is 2.34. The van der Waals surface area contributed by atoms with Gasteiger partial charge in [-0.05, 0) is 6.92 Å². The Balaban J connectivity index is 2.68. The summed E-state index contributed by atoms with van der Waals surface area (Å²) in [6.45, 7) is 1.75. The number of nitrogens with zero attached hydrogens (tertiary/aromatic N) is 1. The first-order chi connectivity index (χ1) is 7.03. The molecule has 1 aliphatic rings. The van der Waals surface area contributed by atoms with E-state index in [9.17, 15) is 9.90 Å². The molecule has 4 nitrogen and oxygen atoms in total. The first kappa shape index (κ1) is 12.4. The predicted molar refractivity (Wildman–Crippen MR) is 59.1 cm³/mol. The topological polar surface area (TPSA) is 60.8 Å². The molecule has 0 aromatic heterocycles. The number of hydrogen-bond donors (Lipinski definition) is 2. The fourth-order valence-electron chi connectivity index (χ4n) is 1.62. The second-order valence-corrected chi connectivity index (χ2v) is 4.94. The average Bonchev–Trinajstić information content (AvgIpc) is 2.38. The van der Waals surface area contributed by atoms with Crippen LogP contribution in [0.15, 0.2) is 0 Å². The molecule has 1 saturated heterocycles. The van der Waals surface area contributed by atoms with E-state index in [2.05, 4.69) is 5.92 Å². The van der Waals surface area contributed by atoms with Crippen LogP contribution in [0.2, 0.25) is 0 Å². The van der Waals surface area contributed by atoms with Crippen molar-refractivity contribution in [2.24, 2.45) is 0 Å². The summed E-state index contributed by atoms with van der Waals surface area (Å²) in [4.78, 5) is 13.1. The number of rotatable bonds is 4. The monoisotopic (exact) mass is 229 g/mol. The van der Waals surface area contributed by atoms with E-state index in [-0.39, 0.29) is 24.3 Å². The highest BCUT2D eigenvalue weighted by Gasteiger charge is 2.46. The molecule has 0 aromatic rings. The summed E-state index contributed by atoms with van der Waals surface area (Å²) < 4.78 is 0. The number of carbonyl (C=O) groups excluding carboxylic acids is 1. The van der Waals surface area contributed by atoms with Gasteiger partial charge < -0.3 is 15.1 Å². The maximum absolute atomic E-state index is 11.8. The van der Waals surface area contributed by atoms with E-state index in [4.69, 9.17) is 11.5 Å². The van der Waals surface area contributed by atoms with Gasteiger partial charge in [-0.25, -0.2) is 0 Å². The van der Waals surface area contributed by atoms with Gasteiger partial charge in [-0.1, -0.05) is 5.92 Å². The van der Waals surface area contributed by atoms with Crippen LogP contribution >= 0.6 is 11.8 Å². The molecule has 5 heteroatoms. The lowest BCUT2D eigenvalue weighted by atomic mass is 10.2. The van der Waals surface area contributed by atoms with Gasteiger partial charge in [0.2, 0.25) is 5.91 Å². The molecule has 1 heterocycles. The summed E-state index contributed by atoms with van der Waals surface area (Å²) in [6, 6.07) is 0. The molecular formula is C10H15NO3S. The van der Waals surface area contributed by atoms with Crippen LogP contribution in [0.25, 0.3) is 0 Å². The minimum Gasteiger partial charge on any atom is -0.396 e. The number of terminal acetylenes is 1. The first-order valence-corrected chi connectivity index (χ1v) is 5.77. The van der Waals surface area contributed by atoms with Crippen LogP contribution in [0, 0.1) is 12.3 Å². The molecule has 2 unspecified atom stereocenters. The number of aliphatic hydroxyl groups excluding tert-OH is 1. The smallest absolute Gasteiger partial charge is 0.238 e. The number of aliphatic hydroxyl groups is 2. The molecule has 0 bridgehead atoms. The number of hydrogen-bond acceptors (Lipinski definition) is 4. The quantitative estimate of drug-likeness (QED) is 0.647. The van der Waals surface area contributed by atoms with Crippen molar-refractivity contribution in [3.63, 3.8) is 0 Å². The Kier molecular flexibility index (Phi) is 4.03. The Hall–Kier alpha value is -0.700. The Morgan fingerprint density at radius 2 is 2.47 bits per heavy atom. The van der Waals surface area contributed by atoms with Crippen molar-refractivity contribution in [3.05, 3.63) is 0 Å². The van der Waals surface area contributed by atoms with Gasteiger partial charge >= 0.3 is 0 Å². The molecule has 1 fully saturated rings. The Morgan fingerprint density at radius 3 is 3.00 bits per heavy atom. The SMILES string of the molecule is C#CCN1C(=O)C(SCCO)CC1(C)O. The lowest BCUT2D eigenvalue weighted by Gasteiger charge is -2.27. The van der Waals surface area contributed by atoms with E-state index < -0.39 is 5.72 Å². The normalized spacial score (nSPS) is 30.7. The number of carbonyl (C=O) groups is 1. The molecule has 1 amide bonds. The molecule has 0 aliphatic carbocycles. The fourth-order valence-corrected chi connectivity index (χ4v) is 2.72. The van der Waals surface area contributed by atoms with E-state index in [1.807, 2.05) is 0 Å². The maximum Gasteiger partial charge on any atom is 0.238 e. The zero-order valence-corrected chi connectivity index (χ0v) is 9.46. The summed E-state index contributed by atoms with van der Waals surface area (Å²) >= 11 is 1.35. The van der Waals surface area contributed by atoms with Crippen LogP contribution in [0.5, 0.6) is 0 Å². The third kappa shape index (κ3) is 2.65. The minimum atomic E-state index is -1.16. The van der Waals surface area contributed by atoms with Crippen molar-refractivity contribution >= 4 is 17.7 Å². The average molecular weight is 229 g/mol. The largest absolute Gasteiger partial charge is 0.396 e. The van der Waals surface area contributed by atoms with Crippen LogP contribution in [0.3, 0.4) is 0 Å². The van der Waals surface area contributed by atoms with Gasteiger partial charge in [0, 0.05) is 12.2 Å². The van der Waals surface area contributed by atoms with Gasteiger partial charge in [-0.2, -0.15) is 0 Å². The van der Waals surface area contributed by atoms with Gasteiger partial charge in [-0.15, -0.1) is 18.2 Å². The van der Waals surface area contributed by atoms with Crippen molar-refractivity contribution in [2.45, 2.75) is 24.3 Å². The second kappa shape index (κ2) is 4.88. The van der Waals surface area contributed by atoms with Crippen molar-refractivity contribution in [1.29, 1.82) is 0 Å². The van der Waals surface area contributed by atoms with E-state index in [0.29, 0.717) is 12.2 Å². The van der Waals surface area contributed by atoms with Gasteiger partial charge in [-0.3, -0.25) is 4.79 Å². The van der Waals surface area contributed by atoms with Crippen molar-refractivity contribution in [3.8, 4) is 12.3 Å². The van der Waals surface area contributed by atoms with Gasteiger partial charge in [0.05, 0.1) is 18.4 Å². The Morgan fingerprint density at radius 1 is 1.80 bits per heavy atom. The molecule has 15 heavy (non-hydrogen) atoms. The van der Waals surface area contributed by atoms with Crippen LogP contribution in [0.1, 0.15) is 13.3 Å². The van der Waals surface area contributed by atoms with E-state index in [0.717, 1.165) is 0 Å². The van der Waals surface area contributed by atoms with Gasteiger partial charge in [0.1, 0.15) is 5.72 Å². The van der Waals surface area contributed by atoms with Crippen LogP contribution < -0.4 is 0 Å². The van der Waals surface area contributed by atoms with E-state index >= 15 is 0 Å². The molecule has 84 valence electrons. The predicted octanol–water partition coefficient (Wildman–Crippen LogP) is -0.346. The van der Waals surface area contributed by atoms with Crippen molar-refractivity contribution in [2.75, 3.05) is 18.9 Å². The molecule has 0 radical (unpaired) electrons. The third-order valence-corrected chi connectivity index (χ3v) is 3.54. The van der Waals surface area contributed by atoms with E-state index in [1.54, 1.807) is 6.92 Å². The molecule has 1 rings (SSSR count). The number of thioether (sulfide) groups is 1. The first-order valence-electron chi connectivity index (χ1n) is 4.72. The standard InChI is InChI=1S/C10H15NO3S/c1-3-4-11-9(13)8(15-6-5-12)7-10(11,2)14/h1,8,12,14H,4-7H2,2H3. The molecule has 0 saturated carbocycles. The number of amides is 1. The Bertz CT molecular complexity index is 285. The summed E-state index contributed by atoms with van der Waals surface area (Å²) in [5, 5.41) is 18.3. The molecular weight excluding hydrogens is 214 g/mol. The molecule has 2 atom stereocenters. The number of likely N-dealkylation sites (tertiary alicyclic amines) is 1. The van der Waals surface area contributed by atoms with Crippen LogP contribution in [0.4, 0.5) is 0 Å². The zero-order chi connectivity index (χ0) is 11.5. The highest BCUT2D eigenvalue weighted by molar-refractivity contribution is 8.00. The van der Waals surface area contributed by atoms with Crippen LogP contribution in [-0.4, -0.2) is 50.9 Å². The zero-order valence-electron chi connectivity index (χ0n) is 8.64. The molecule has 0 spiro atoms. The molecule has 0 aromatic carbocycles. The lowest BCUT2D eigenvalue weighted by Crippen LogP contribution is -2.43. The van der Waals surface area contributed by atoms with Gasteiger partial charge in [0.15, 0.2) is 0 Å². The maximum atomic E-state index is 11.8. The van der Waals surface area contributed by atoms with E-state index in [1.165, 1.54) is 16.7 Å². The Labute approximate surface area is 93.7 Å². The van der Waals surface area contributed by atoms with Crippen molar-refractivity contribution in [1.82, 2.24) is 4.90 Å². The molecule has 1 aliphatic heterocycles. The summed E-state index contributed by atoms with van der Waals surface area (Å²) in [5.41, 5.74) is -1.16. The summed E-state index contributed by atoms with van der Waals surface area (Å²) in [7, 11) is 0. The fraction of sp³-hybridized carbons (Fsp3) is 0.700. The van der Waals surface area contributed by atoms with Crippen LogP contribution in [-0.2, 0) is 4.79 Å². The summed E-state index contributed by atoms with van der Waals surface area (Å²) in [6.07, 6.45) is 5.49. The summed E-state index contributed by atoms with van der Waals surface area (Å²) in [5.74, 6) is 2.71. The second-order valence-electron chi connectivity index (χ2n) is 3.63. The highest BCUT2D eigenvalue weighted by atomic mass is 32.2. The minimum absolute atomic E-state index is 0.0335. The van der Waals surface area contributed by atoms with Crippen molar-refractivity contribution < 1.29 is 15.0 Å². The third-order valence-electron chi connectivity index (χ3n) is 2.35. The van der Waals surface area contributed by atoms with Gasteiger partial charge in [0.25, 0.3) is 0 Å². The lowest BCUT2D eigenvalue weighted by molar-refractivity contribution is -0.140. The molecule has 2 N–H and O–H groups in total.